The van der Waals surface area contributed by atoms with E-state index in [0.29, 0.717) is 0 Å². The maximum atomic E-state index is 6.27. The van der Waals surface area contributed by atoms with E-state index in [1.807, 2.05) is 29.5 Å². The first-order valence-electron chi connectivity index (χ1n) is 7.01. The summed E-state index contributed by atoms with van der Waals surface area (Å²) in [7, 11) is 0. The molecule has 0 radical (unpaired) electrons. The highest BCUT2D eigenvalue weighted by molar-refractivity contribution is 7.10. The number of rotatable bonds is 4. The molecule has 106 valence electrons. The molecule has 2 N–H and O–H groups in total. The fourth-order valence-electron chi connectivity index (χ4n) is 2.72. The predicted molar refractivity (Wildman–Crippen MR) is 86.3 cm³/mol. The molecule has 20 heavy (non-hydrogen) atoms. The Morgan fingerprint density at radius 2 is 2.25 bits per heavy atom. The van der Waals surface area contributed by atoms with Gasteiger partial charge < -0.3 is 5.73 Å². The Kier molecular flexibility index (Phi) is 4.41. The van der Waals surface area contributed by atoms with Crippen LogP contribution >= 0.6 is 22.9 Å². The van der Waals surface area contributed by atoms with Gasteiger partial charge in [-0.15, -0.1) is 11.3 Å². The quantitative estimate of drug-likeness (QED) is 0.929. The first kappa shape index (κ1) is 14.1. The van der Waals surface area contributed by atoms with Gasteiger partial charge in [-0.1, -0.05) is 23.7 Å². The van der Waals surface area contributed by atoms with Crippen molar-refractivity contribution in [1.29, 1.82) is 0 Å². The SMILES string of the molecule is NC(CCN1CCc2sccc2C1)c1cccc(Cl)c1. The molecule has 1 aliphatic rings. The van der Waals surface area contributed by atoms with Crippen molar-refractivity contribution < 1.29 is 0 Å². The van der Waals surface area contributed by atoms with Crippen LogP contribution in [0.2, 0.25) is 5.02 Å². The molecule has 0 aliphatic carbocycles. The monoisotopic (exact) mass is 306 g/mol. The van der Waals surface area contributed by atoms with Crippen molar-refractivity contribution in [2.24, 2.45) is 5.73 Å². The van der Waals surface area contributed by atoms with Crippen LogP contribution in [0, 0.1) is 0 Å². The first-order chi connectivity index (χ1) is 9.72. The maximum Gasteiger partial charge on any atom is 0.0409 e. The lowest BCUT2D eigenvalue weighted by Crippen LogP contribution is -2.32. The van der Waals surface area contributed by atoms with Gasteiger partial charge in [0, 0.05) is 35.6 Å². The number of hydrogen-bond donors (Lipinski definition) is 1. The molecule has 1 aromatic carbocycles. The topological polar surface area (TPSA) is 29.3 Å². The summed E-state index contributed by atoms with van der Waals surface area (Å²) in [6.07, 6.45) is 2.15. The zero-order chi connectivity index (χ0) is 13.9. The molecule has 1 aromatic heterocycles. The third-order valence-electron chi connectivity index (χ3n) is 3.92. The van der Waals surface area contributed by atoms with Gasteiger partial charge >= 0.3 is 0 Å². The highest BCUT2D eigenvalue weighted by Gasteiger charge is 2.17. The second kappa shape index (κ2) is 6.27. The van der Waals surface area contributed by atoms with Crippen molar-refractivity contribution in [3.05, 3.63) is 56.7 Å². The Bertz CT molecular complexity index is 581. The van der Waals surface area contributed by atoms with Crippen LogP contribution in [0.1, 0.15) is 28.5 Å². The summed E-state index contributed by atoms with van der Waals surface area (Å²) in [5.41, 5.74) is 8.90. The van der Waals surface area contributed by atoms with E-state index < -0.39 is 0 Å². The second-order valence-electron chi connectivity index (χ2n) is 5.35. The van der Waals surface area contributed by atoms with E-state index in [0.717, 1.165) is 36.6 Å². The van der Waals surface area contributed by atoms with Crippen molar-refractivity contribution in [3.8, 4) is 0 Å². The standard InChI is InChI=1S/C16H19ClN2S/c17-14-3-1-2-12(10-14)15(18)4-7-19-8-5-16-13(11-19)6-9-20-16/h1-3,6,9-10,15H,4-5,7-8,11,18H2. The second-order valence-corrected chi connectivity index (χ2v) is 6.78. The van der Waals surface area contributed by atoms with Crippen LogP contribution in [0.3, 0.4) is 0 Å². The van der Waals surface area contributed by atoms with E-state index in [2.05, 4.69) is 22.4 Å². The Balaban J connectivity index is 1.55. The van der Waals surface area contributed by atoms with Crippen molar-refractivity contribution >= 4 is 22.9 Å². The van der Waals surface area contributed by atoms with Gasteiger partial charge in [0.15, 0.2) is 0 Å². The molecule has 0 spiro atoms. The van der Waals surface area contributed by atoms with Crippen LogP contribution in [0.5, 0.6) is 0 Å². The highest BCUT2D eigenvalue weighted by atomic mass is 35.5. The van der Waals surface area contributed by atoms with Crippen molar-refractivity contribution in [3.63, 3.8) is 0 Å². The number of nitrogens with two attached hydrogens (primary N) is 1. The van der Waals surface area contributed by atoms with Crippen molar-refractivity contribution in [1.82, 2.24) is 4.90 Å². The van der Waals surface area contributed by atoms with Gasteiger partial charge in [-0.05, 0) is 47.5 Å². The third-order valence-corrected chi connectivity index (χ3v) is 5.18. The Morgan fingerprint density at radius 1 is 1.35 bits per heavy atom. The molecular formula is C16H19ClN2S. The van der Waals surface area contributed by atoms with Crippen molar-refractivity contribution in [2.45, 2.75) is 25.4 Å². The molecule has 1 aliphatic heterocycles. The Labute approximate surface area is 129 Å². The smallest absolute Gasteiger partial charge is 0.0409 e. The van der Waals surface area contributed by atoms with Gasteiger partial charge in [0.25, 0.3) is 0 Å². The summed E-state index contributed by atoms with van der Waals surface area (Å²) < 4.78 is 0. The van der Waals surface area contributed by atoms with E-state index in [-0.39, 0.29) is 6.04 Å². The molecule has 0 amide bonds. The molecular weight excluding hydrogens is 288 g/mol. The number of nitrogens with zero attached hydrogens (tertiary/aromatic N) is 1. The fourth-order valence-corrected chi connectivity index (χ4v) is 3.81. The van der Waals surface area contributed by atoms with Crippen molar-refractivity contribution in [2.75, 3.05) is 13.1 Å². The summed E-state index contributed by atoms with van der Waals surface area (Å²) >= 11 is 7.90. The Morgan fingerprint density at radius 3 is 3.10 bits per heavy atom. The molecule has 0 fully saturated rings. The molecule has 1 atom stereocenters. The van der Waals surface area contributed by atoms with E-state index in [1.54, 1.807) is 4.88 Å². The lowest BCUT2D eigenvalue weighted by molar-refractivity contribution is 0.246. The summed E-state index contributed by atoms with van der Waals surface area (Å²) in [4.78, 5) is 4.06. The number of hydrogen-bond acceptors (Lipinski definition) is 3. The summed E-state index contributed by atoms with van der Waals surface area (Å²) in [6.45, 7) is 3.26. The molecule has 3 rings (SSSR count). The lowest BCUT2D eigenvalue weighted by atomic mass is 10.0. The minimum absolute atomic E-state index is 0.0672. The van der Waals surface area contributed by atoms with E-state index in [1.165, 1.54) is 12.0 Å². The van der Waals surface area contributed by atoms with Gasteiger partial charge in [0.1, 0.15) is 0 Å². The third kappa shape index (κ3) is 3.23. The van der Waals surface area contributed by atoms with Gasteiger partial charge in [-0.2, -0.15) is 0 Å². The van der Waals surface area contributed by atoms with Gasteiger partial charge in [0.2, 0.25) is 0 Å². The largest absolute Gasteiger partial charge is 0.324 e. The predicted octanol–water partition coefficient (Wildman–Crippen LogP) is 3.85. The minimum atomic E-state index is 0.0672. The zero-order valence-corrected chi connectivity index (χ0v) is 13.0. The lowest BCUT2D eigenvalue weighted by Gasteiger charge is -2.27. The zero-order valence-electron chi connectivity index (χ0n) is 11.4. The molecule has 2 nitrogen and oxygen atoms in total. The molecule has 4 heteroatoms. The molecule has 2 aromatic rings. The molecule has 1 unspecified atom stereocenters. The summed E-state index contributed by atoms with van der Waals surface area (Å²) in [6, 6.07) is 10.2. The molecule has 0 saturated carbocycles. The van der Waals surface area contributed by atoms with Crippen LogP contribution in [0.15, 0.2) is 35.7 Å². The van der Waals surface area contributed by atoms with E-state index in [9.17, 15) is 0 Å². The normalized spacial score (nSPS) is 16.9. The van der Waals surface area contributed by atoms with E-state index in [4.69, 9.17) is 17.3 Å². The fraction of sp³-hybridized carbons (Fsp3) is 0.375. The minimum Gasteiger partial charge on any atom is -0.324 e. The van der Waals surface area contributed by atoms with Crippen LogP contribution in [0.4, 0.5) is 0 Å². The first-order valence-corrected chi connectivity index (χ1v) is 8.27. The maximum absolute atomic E-state index is 6.27. The van der Waals surface area contributed by atoms with Crippen LogP contribution < -0.4 is 5.73 Å². The molecule has 0 saturated heterocycles. The summed E-state index contributed by atoms with van der Waals surface area (Å²) in [5, 5.41) is 2.96. The number of halogens is 1. The highest BCUT2D eigenvalue weighted by Crippen LogP contribution is 2.25. The average molecular weight is 307 g/mol. The van der Waals surface area contributed by atoms with Crippen LogP contribution in [-0.2, 0) is 13.0 Å². The van der Waals surface area contributed by atoms with Crippen LogP contribution in [0.25, 0.3) is 0 Å². The van der Waals surface area contributed by atoms with Gasteiger partial charge in [-0.25, -0.2) is 0 Å². The van der Waals surface area contributed by atoms with Gasteiger partial charge in [0.05, 0.1) is 0 Å². The molecule has 0 bridgehead atoms. The van der Waals surface area contributed by atoms with Crippen LogP contribution in [-0.4, -0.2) is 18.0 Å². The Hall–Kier alpha value is -0.870. The number of thiophene rings is 1. The van der Waals surface area contributed by atoms with E-state index >= 15 is 0 Å². The molecule has 2 heterocycles. The summed E-state index contributed by atoms with van der Waals surface area (Å²) in [5.74, 6) is 0. The van der Waals surface area contributed by atoms with Gasteiger partial charge in [-0.3, -0.25) is 4.90 Å². The number of fused-ring (bicyclic) bond motifs is 1. The number of benzene rings is 1. The average Bonchev–Trinajstić information content (AvgIpc) is 2.92.